The Morgan fingerprint density at radius 3 is 2.13 bits per heavy atom. The summed E-state index contributed by atoms with van der Waals surface area (Å²) in [7, 11) is 0. The van der Waals surface area contributed by atoms with Crippen LogP contribution in [0.5, 0.6) is 5.75 Å². The lowest BCUT2D eigenvalue weighted by Gasteiger charge is -2.15. The molecule has 1 N–H and O–H groups in total. The van der Waals surface area contributed by atoms with Gasteiger partial charge in [0.05, 0.1) is 0 Å². The highest BCUT2D eigenvalue weighted by atomic mass is 16.3. The molecule has 84 valence electrons. The van der Waals surface area contributed by atoms with Crippen LogP contribution < -0.4 is 0 Å². The molecule has 1 unspecified atom stereocenters. The first-order valence-electron chi connectivity index (χ1n) is 5.92. The van der Waals surface area contributed by atoms with Crippen LogP contribution in [-0.4, -0.2) is 5.11 Å². The maximum absolute atomic E-state index is 9.94. The number of aromatic hydroxyl groups is 1. The van der Waals surface area contributed by atoms with E-state index in [0.29, 0.717) is 17.6 Å². The van der Waals surface area contributed by atoms with Gasteiger partial charge in [0.25, 0.3) is 0 Å². The SMILES string of the molecule is CCC(C)c1ccc([C@@H](C)CC)c(O)c1. The average molecular weight is 206 g/mol. The lowest BCUT2D eigenvalue weighted by atomic mass is 9.92. The van der Waals surface area contributed by atoms with Crippen LogP contribution in [0.25, 0.3) is 0 Å². The Balaban J connectivity index is 2.97. The van der Waals surface area contributed by atoms with Crippen molar-refractivity contribution in [3.8, 4) is 5.75 Å². The molecule has 1 aromatic carbocycles. The molecule has 0 bridgehead atoms. The molecular formula is C14H22O. The Bertz CT molecular complexity index is 317. The number of phenols is 1. The normalized spacial score (nSPS) is 14.9. The molecule has 0 aliphatic carbocycles. The summed E-state index contributed by atoms with van der Waals surface area (Å²) in [5.74, 6) is 1.43. The summed E-state index contributed by atoms with van der Waals surface area (Å²) in [5.41, 5.74) is 2.31. The van der Waals surface area contributed by atoms with Crippen LogP contribution in [0.4, 0.5) is 0 Å². The van der Waals surface area contributed by atoms with Crippen molar-refractivity contribution >= 4 is 0 Å². The van der Waals surface area contributed by atoms with Crippen LogP contribution in [0.15, 0.2) is 18.2 Å². The van der Waals surface area contributed by atoms with Crippen LogP contribution in [0.3, 0.4) is 0 Å². The molecule has 0 radical (unpaired) electrons. The zero-order valence-corrected chi connectivity index (χ0v) is 10.2. The van der Waals surface area contributed by atoms with Gasteiger partial charge in [-0.25, -0.2) is 0 Å². The lowest BCUT2D eigenvalue weighted by Crippen LogP contribution is -1.96. The highest BCUT2D eigenvalue weighted by Gasteiger charge is 2.11. The molecular weight excluding hydrogens is 184 g/mol. The molecule has 1 aromatic rings. The van der Waals surface area contributed by atoms with Gasteiger partial charge in [-0.1, -0.05) is 39.8 Å². The minimum absolute atomic E-state index is 0.441. The van der Waals surface area contributed by atoms with Gasteiger partial charge in [-0.2, -0.15) is 0 Å². The molecule has 2 atom stereocenters. The van der Waals surface area contributed by atoms with Crippen molar-refractivity contribution in [1.82, 2.24) is 0 Å². The minimum Gasteiger partial charge on any atom is -0.508 e. The van der Waals surface area contributed by atoms with Gasteiger partial charge in [-0.3, -0.25) is 0 Å². The molecule has 0 aliphatic rings. The molecule has 0 fully saturated rings. The van der Waals surface area contributed by atoms with E-state index in [1.54, 1.807) is 0 Å². The Morgan fingerprint density at radius 1 is 1.07 bits per heavy atom. The number of benzene rings is 1. The first-order valence-corrected chi connectivity index (χ1v) is 5.92. The average Bonchev–Trinajstić information content (AvgIpc) is 2.26. The van der Waals surface area contributed by atoms with Crippen LogP contribution in [0, 0.1) is 0 Å². The highest BCUT2D eigenvalue weighted by molar-refractivity contribution is 5.39. The smallest absolute Gasteiger partial charge is 0.119 e. The number of rotatable bonds is 4. The maximum Gasteiger partial charge on any atom is 0.119 e. The topological polar surface area (TPSA) is 20.2 Å². The van der Waals surface area contributed by atoms with E-state index in [1.165, 1.54) is 5.56 Å². The van der Waals surface area contributed by atoms with Crippen molar-refractivity contribution in [3.05, 3.63) is 29.3 Å². The van der Waals surface area contributed by atoms with E-state index in [2.05, 4.69) is 39.8 Å². The molecule has 1 rings (SSSR count). The Hall–Kier alpha value is -0.980. The van der Waals surface area contributed by atoms with E-state index in [-0.39, 0.29) is 0 Å². The van der Waals surface area contributed by atoms with Gasteiger partial charge >= 0.3 is 0 Å². The molecule has 0 aliphatic heterocycles. The fraction of sp³-hybridized carbons (Fsp3) is 0.571. The summed E-state index contributed by atoms with van der Waals surface area (Å²) in [6.07, 6.45) is 2.18. The summed E-state index contributed by atoms with van der Waals surface area (Å²) >= 11 is 0. The first kappa shape index (κ1) is 12.1. The predicted octanol–water partition coefficient (Wildman–Crippen LogP) is 4.42. The third kappa shape index (κ3) is 2.74. The lowest BCUT2D eigenvalue weighted by molar-refractivity contribution is 0.460. The van der Waals surface area contributed by atoms with Crippen molar-refractivity contribution in [1.29, 1.82) is 0 Å². The van der Waals surface area contributed by atoms with E-state index in [0.717, 1.165) is 18.4 Å². The molecule has 1 nitrogen and oxygen atoms in total. The Kier molecular flexibility index (Phi) is 4.19. The first-order chi connectivity index (χ1) is 7.10. The zero-order chi connectivity index (χ0) is 11.4. The number of hydrogen-bond acceptors (Lipinski definition) is 1. The second kappa shape index (κ2) is 5.20. The third-order valence-electron chi connectivity index (χ3n) is 3.38. The van der Waals surface area contributed by atoms with Crippen molar-refractivity contribution in [3.63, 3.8) is 0 Å². The molecule has 15 heavy (non-hydrogen) atoms. The van der Waals surface area contributed by atoms with Gasteiger partial charge in [0.1, 0.15) is 5.75 Å². The van der Waals surface area contributed by atoms with Crippen molar-refractivity contribution < 1.29 is 5.11 Å². The highest BCUT2D eigenvalue weighted by Crippen LogP contribution is 2.31. The number of phenolic OH excluding ortho intramolecular Hbond substituents is 1. The molecule has 0 heterocycles. The molecule has 0 saturated carbocycles. The molecule has 1 heteroatoms. The fourth-order valence-electron chi connectivity index (χ4n) is 1.74. The molecule has 0 amide bonds. The van der Waals surface area contributed by atoms with E-state index < -0.39 is 0 Å². The van der Waals surface area contributed by atoms with Gasteiger partial charge in [-0.05, 0) is 41.9 Å². The van der Waals surface area contributed by atoms with E-state index in [9.17, 15) is 5.11 Å². The summed E-state index contributed by atoms with van der Waals surface area (Å²) in [6.45, 7) is 8.66. The van der Waals surface area contributed by atoms with Gasteiger partial charge in [0, 0.05) is 0 Å². The standard InChI is InChI=1S/C14H22O/c1-5-10(3)12-7-8-13(11(4)6-2)14(15)9-12/h7-11,15H,5-6H2,1-4H3/t10?,11-/m0/s1. The largest absolute Gasteiger partial charge is 0.508 e. The van der Waals surface area contributed by atoms with Gasteiger partial charge in [0.2, 0.25) is 0 Å². The van der Waals surface area contributed by atoms with E-state index in [4.69, 9.17) is 0 Å². The summed E-state index contributed by atoms with van der Waals surface area (Å²) in [4.78, 5) is 0. The summed E-state index contributed by atoms with van der Waals surface area (Å²) in [6, 6.07) is 6.15. The molecule has 0 spiro atoms. The Labute approximate surface area is 93.1 Å². The van der Waals surface area contributed by atoms with Gasteiger partial charge in [0.15, 0.2) is 0 Å². The van der Waals surface area contributed by atoms with Crippen molar-refractivity contribution in [2.45, 2.75) is 52.4 Å². The summed E-state index contributed by atoms with van der Waals surface area (Å²) < 4.78 is 0. The fourth-order valence-corrected chi connectivity index (χ4v) is 1.74. The quantitative estimate of drug-likeness (QED) is 0.773. The minimum atomic E-state index is 0.441. The van der Waals surface area contributed by atoms with Crippen LogP contribution >= 0.6 is 0 Å². The van der Waals surface area contributed by atoms with Crippen molar-refractivity contribution in [2.75, 3.05) is 0 Å². The molecule has 0 saturated heterocycles. The van der Waals surface area contributed by atoms with Crippen LogP contribution in [0.2, 0.25) is 0 Å². The third-order valence-corrected chi connectivity index (χ3v) is 3.38. The van der Waals surface area contributed by atoms with Gasteiger partial charge in [-0.15, -0.1) is 0 Å². The van der Waals surface area contributed by atoms with Crippen molar-refractivity contribution in [2.24, 2.45) is 0 Å². The van der Waals surface area contributed by atoms with E-state index >= 15 is 0 Å². The monoisotopic (exact) mass is 206 g/mol. The predicted molar refractivity (Wildman–Crippen MR) is 65.5 cm³/mol. The molecule has 0 aromatic heterocycles. The van der Waals surface area contributed by atoms with Crippen LogP contribution in [-0.2, 0) is 0 Å². The number of hydrogen-bond donors (Lipinski definition) is 1. The second-order valence-electron chi connectivity index (χ2n) is 4.44. The van der Waals surface area contributed by atoms with Crippen LogP contribution in [0.1, 0.15) is 63.5 Å². The maximum atomic E-state index is 9.94. The second-order valence-corrected chi connectivity index (χ2v) is 4.44. The van der Waals surface area contributed by atoms with E-state index in [1.807, 2.05) is 6.07 Å². The van der Waals surface area contributed by atoms with Gasteiger partial charge < -0.3 is 5.11 Å². The summed E-state index contributed by atoms with van der Waals surface area (Å²) in [5, 5.41) is 9.94. The Morgan fingerprint density at radius 2 is 1.67 bits per heavy atom. The zero-order valence-electron chi connectivity index (χ0n) is 10.2.